The normalized spacial score (nSPS) is 12.2. The first kappa shape index (κ1) is 19.8. The zero-order chi connectivity index (χ0) is 22.5. The van der Waals surface area contributed by atoms with E-state index in [1.165, 1.54) is 0 Å². The van der Waals surface area contributed by atoms with Gasteiger partial charge in [0.15, 0.2) is 5.76 Å². The third-order valence-electron chi connectivity index (χ3n) is 5.94. The minimum absolute atomic E-state index is 0.199. The fourth-order valence-corrected chi connectivity index (χ4v) is 4.46. The molecule has 160 valence electrons. The fourth-order valence-electron chi connectivity index (χ4n) is 4.33. The van der Waals surface area contributed by atoms with Crippen molar-refractivity contribution in [3.63, 3.8) is 0 Å². The Hall–Kier alpha value is -3.89. The molecule has 0 radical (unpaired) electrons. The summed E-state index contributed by atoms with van der Waals surface area (Å²) in [5.41, 5.74) is 6.65. The molecule has 4 nitrogen and oxygen atoms in total. The van der Waals surface area contributed by atoms with Gasteiger partial charge in [0.25, 0.3) is 0 Å². The Labute approximate surface area is 195 Å². The van der Waals surface area contributed by atoms with Crippen LogP contribution in [0.4, 0.5) is 0 Å². The second-order valence-electron chi connectivity index (χ2n) is 8.16. The van der Waals surface area contributed by atoms with Gasteiger partial charge in [0, 0.05) is 44.4 Å². The molecular weight excluding hydrogens is 434 g/mol. The Balaban J connectivity index is 1.55. The van der Waals surface area contributed by atoms with Gasteiger partial charge in [-0.25, -0.2) is 0 Å². The smallest absolute Gasteiger partial charge is 0.228 e. The van der Waals surface area contributed by atoms with E-state index in [4.69, 9.17) is 25.7 Å². The molecule has 0 atom stereocenters. The van der Waals surface area contributed by atoms with Crippen molar-refractivity contribution < 1.29 is 13.9 Å². The van der Waals surface area contributed by atoms with Crippen LogP contribution in [0.15, 0.2) is 83.4 Å². The predicted octanol–water partition coefficient (Wildman–Crippen LogP) is 7.25. The summed E-state index contributed by atoms with van der Waals surface area (Å²) in [6.07, 6.45) is 1.81. The monoisotopic (exact) mass is 451 g/mol. The molecule has 2 aromatic heterocycles. The topological polar surface area (TPSA) is 52.3 Å². The maximum Gasteiger partial charge on any atom is 0.228 e. The third-order valence-corrected chi connectivity index (χ3v) is 6.19. The molecule has 3 aromatic carbocycles. The molecule has 5 aromatic rings. The molecule has 0 spiro atoms. The van der Waals surface area contributed by atoms with Gasteiger partial charge in [0.2, 0.25) is 5.78 Å². The van der Waals surface area contributed by atoms with Crippen LogP contribution in [0.5, 0.6) is 5.75 Å². The Morgan fingerprint density at radius 2 is 1.82 bits per heavy atom. The number of benzene rings is 3. The van der Waals surface area contributed by atoms with Gasteiger partial charge in [0.1, 0.15) is 17.9 Å². The first-order valence-electron chi connectivity index (χ1n) is 10.6. The molecule has 1 aliphatic heterocycles. The number of hydrogen-bond acceptors (Lipinski definition) is 4. The number of aromatic nitrogens is 1. The van der Waals surface area contributed by atoms with Gasteiger partial charge in [-0.3, -0.25) is 9.78 Å². The molecule has 6 rings (SSSR count). The Bertz CT molecular complexity index is 1550. The molecule has 0 amide bonds. The van der Waals surface area contributed by atoms with E-state index in [-0.39, 0.29) is 11.5 Å². The second-order valence-corrected chi connectivity index (χ2v) is 8.59. The number of carbonyl (C=O) groups excluding carboxylic acids is 1. The summed E-state index contributed by atoms with van der Waals surface area (Å²) >= 11 is 6.02. The highest BCUT2D eigenvalue weighted by Gasteiger charge is 2.25. The number of carbonyl (C=O) groups is 1. The Morgan fingerprint density at radius 3 is 2.67 bits per heavy atom. The second kappa shape index (κ2) is 7.61. The molecule has 0 N–H and O–H groups in total. The zero-order valence-corrected chi connectivity index (χ0v) is 18.5. The van der Waals surface area contributed by atoms with E-state index in [0.29, 0.717) is 22.8 Å². The van der Waals surface area contributed by atoms with Crippen molar-refractivity contribution >= 4 is 28.4 Å². The van der Waals surface area contributed by atoms with Gasteiger partial charge in [0.05, 0.1) is 5.69 Å². The number of halogens is 1. The van der Waals surface area contributed by atoms with Crippen LogP contribution in [-0.2, 0) is 6.61 Å². The molecule has 0 saturated heterocycles. The molecule has 0 fully saturated rings. The number of nitrogens with zero attached hydrogens (tertiary/aromatic N) is 1. The fraction of sp³-hybridized carbons (Fsp3) is 0.0714. The third kappa shape index (κ3) is 3.31. The van der Waals surface area contributed by atoms with Crippen molar-refractivity contribution in [3.8, 4) is 28.1 Å². The number of hydrogen-bond donors (Lipinski definition) is 0. The highest BCUT2D eigenvalue weighted by atomic mass is 35.5. The van der Waals surface area contributed by atoms with Crippen molar-refractivity contribution in [2.24, 2.45) is 0 Å². The van der Waals surface area contributed by atoms with E-state index in [1.807, 2.05) is 61.7 Å². The summed E-state index contributed by atoms with van der Waals surface area (Å²) < 4.78 is 12.1. The summed E-state index contributed by atoms with van der Waals surface area (Å²) in [5, 5.41) is 1.46. The lowest BCUT2D eigenvalue weighted by molar-refractivity contribution is 0.101. The maximum atomic E-state index is 13.5. The van der Waals surface area contributed by atoms with Crippen LogP contribution < -0.4 is 4.74 Å². The van der Waals surface area contributed by atoms with Crippen LogP contribution in [0.3, 0.4) is 0 Å². The molecule has 0 bridgehead atoms. The Morgan fingerprint density at radius 1 is 1.00 bits per heavy atom. The van der Waals surface area contributed by atoms with Crippen molar-refractivity contribution in [3.05, 3.63) is 106 Å². The molecule has 1 aliphatic rings. The molecule has 5 heteroatoms. The van der Waals surface area contributed by atoms with Crippen molar-refractivity contribution in [1.29, 1.82) is 0 Å². The number of rotatable bonds is 3. The lowest BCUT2D eigenvalue weighted by atomic mass is 9.95. The number of ketones is 1. The van der Waals surface area contributed by atoms with Gasteiger partial charge < -0.3 is 9.15 Å². The standard InChI is InChI=1S/C28H18ClNO3/c1-16-6-11-24-22(12-16)25(28(33-24)27(31)17-7-9-20(29)10-8-17)18-13-19-15-32-23-5-3-2-4-21(23)26(19)30-14-18/h2-14H,15H2,1H3. The summed E-state index contributed by atoms with van der Waals surface area (Å²) in [5.74, 6) is 0.917. The number of fused-ring (bicyclic) bond motifs is 4. The highest BCUT2D eigenvalue weighted by molar-refractivity contribution is 6.30. The maximum absolute atomic E-state index is 13.5. The summed E-state index contributed by atoms with van der Waals surface area (Å²) in [6.45, 7) is 2.44. The molecule has 0 saturated carbocycles. The summed E-state index contributed by atoms with van der Waals surface area (Å²) in [4.78, 5) is 18.3. The quantitative estimate of drug-likeness (QED) is 0.271. The molecular formula is C28H18ClNO3. The van der Waals surface area contributed by atoms with Crippen LogP contribution in [0.2, 0.25) is 5.02 Å². The van der Waals surface area contributed by atoms with Crippen LogP contribution in [0.1, 0.15) is 27.2 Å². The minimum Gasteiger partial charge on any atom is -0.488 e. The van der Waals surface area contributed by atoms with Gasteiger partial charge >= 0.3 is 0 Å². The Kier molecular flexibility index (Phi) is 4.56. The van der Waals surface area contributed by atoms with Crippen LogP contribution in [-0.4, -0.2) is 10.8 Å². The van der Waals surface area contributed by atoms with Gasteiger partial charge in [-0.2, -0.15) is 0 Å². The van der Waals surface area contributed by atoms with Crippen LogP contribution in [0.25, 0.3) is 33.4 Å². The van der Waals surface area contributed by atoms with E-state index >= 15 is 0 Å². The van der Waals surface area contributed by atoms with Crippen LogP contribution >= 0.6 is 11.6 Å². The zero-order valence-electron chi connectivity index (χ0n) is 17.8. The first-order chi connectivity index (χ1) is 16.1. The van der Waals surface area contributed by atoms with E-state index in [9.17, 15) is 4.79 Å². The number of para-hydroxylation sites is 1. The van der Waals surface area contributed by atoms with E-state index in [0.717, 1.165) is 44.6 Å². The van der Waals surface area contributed by atoms with Gasteiger partial charge in [-0.1, -0.05) is 35.4 Å². The largest absolute Gasteiger partial charge is 0.488 e. The number of ether oxygens (including phenoxy) is 1. The molecule has 3 heterocycles. The molecule has 0 unspecified atom stereocenters. The number of pyridine rings is 1. The van der Waals surface area contributed by atoms with Gasteiger partial charge in [-0.05, 0) is 61.5 Å². The summed E-state index contributed by atoms with van der Waals surface area (Å²) in [7, 11) is 0. The van der Waals surface area contributed by atoms with Crippen molar-refractivity contribution in [1.82, 2.24) is 4.98 Å². The first-order valence-corrected chi connectivity index (χ1v) is 11.0. The van der Waals surface area contributed by atoms with Crippen molar-refractivity contribution in [2.45, 2.75) is 13.5 Å². The van der Waals surface area contributed by atoms with Crippen molar-refractivity contribution in [2.75, 3.05) is 0 Å². The lowest BCUT2D eigenvalue weighted by Gasteiger charge is -2.20. The lowest BCUT2D eigenvalue weighted by Crippen LogP contribution is -2.07. The number of furan rings is 1. The number of aryl methyl sites for hydroxylation is 1. The predicted molar refractivity (Wildman–Crippen MR) is 129 cm³/mol. The summed E-state index contributed by atoms with van der Waals surface area (Å²) in [6, 6.07) is 22.7. The average Bonchev–Trinajstić information content (AvgIpc) is 3.22. The van der Waals surface area contributed by atoms with Crippen LogP contribution in [0, 0.1) is 6.92 Å². The van der Waals surface area contributed by atoms with E-state index < -0.39 is 0 Å². The molecule has 0 aliphatic carbocycles. The van der Waals surface area contributed by atoms with Gasteiger partial charge in [-0.15, -0.1) is 0 Å². The minimum atomic E-state index is -0.199. The molecule has 33 heavy (non-hydrogen) atoms. The van der Waals surface area contributed by atoms with E-state index in [1.54, 1.807) is 24.3 Å². The SMILES string of the molecule is Cc1ccc2oc(C(=O)c3ccc(Cl)cc3)c(-c3cnc4c(c3)COc3ccccc3-4)c2c1. The highest BCUT2D eigenvalue weighted by Crippen LogP contribution is 2.41. The van der Waals surface area contributed by atoms with E-state index in [2.05, 4.69) is 0 Å². The average molecular weight is 452 g/mol.